The molecule has 0 bridgehead atoms. The molecule has 1 saturated carbocycles. The molecular formula is C22H28N2O5. The number of ether oxygens (including phenoxy) is 1. The number of aliphatic hydroxyl groups is 1. The average Bonchev–Trinajstić information content (AvgIpc) is 3.45. The maximum absolute atomic E-state index is 12.1. The first-order valence-corrected chi connectivity index (χ1v) is 10.2. The van der Waals surface area contributed by atoms with Crippen molar-refractivity contribution in [3.63, 3.8) is 0 Å². The Morgan fingerprint density at radius 2 is 2.17 bits per heavy atom. The van der Waals surface area contributed by atoms with E-state index in [0.29, 0.717) is 44.3 Å². The van der Waals surface area contributed by atoms with E-state index < -0.39 is 17.5 Å². The van der Waals surface area contributed by atoms with Crippen LogP contribution in [0.2, 0.25) is 0 Å². The number of rotatable bonds is 7. The maximum atomic E-state index is 12.1. The van der Waals surface area contributed by atoms with Gasteiger partial charge in [0.15, 0.2) is 0 Å². The Morgan fingerprint density at radius 1 is 1.38 bits per heavy atom. The molecule has 0 amide bonds. The van der Waals surface area contributed by atoms with E-state index in [1.807, 2.05) is 31.2 Å². The normalized spacial score (nSPS) is 25.1. The van der Waals surface area contributed by atoms with Gasteiger partial charge in [-0.05, 0) is 43.9 Å². The number of carboxylic acids is 1. The highest BCUT2D eigenvalue weighted by Gasteiger charge is 2.51. The summed E-state index contributed by atoms with van der Waals surface area (Å²) in [6.07, 6.45) is 2.33. The lowest BCUT2D eigenvalue weighted by Crippen LogP contribution is -2.56. The number of likely N-dealkylation sites (tertiary alicyclic amines) is 1. The van der Waals surface area contributed by atoms with Crippen LogP contribution in [0.1, 0.15) is 37.1 Å². The molecule has 2 N–H and O–H groups in total. The zero-order valence-corrected chi connectivity index (χ0v) is 16.9. The van der Waals surface area contributed by atoms with Crippen LogP contribution in [-0.2, 0) is 11.3 Å². The number of nitrogens with zero attached hydrogens (tertiary/aromatic N) is 2. The average molecular weight is 400 g/mol. The molecule has 1 saturated heterocycles. The molecule has 156 valence electrons. The zero-order valence-electron chi connectivity index (χ0n) is 16.9. The number of aliphatic hydroxyl groups excluding tert-OH is 1. The van der Waals surface area contributed by atoms with E-state index in [-0.39, 0.29) is 0 Å². The number of hydrogen-bond donors (Lipinski definition) is 2. The van der Waals surface area contributed by atoms with Crippen molar-refractivity contribution in [3.05, 3.63) is 35.7 Å². The van der Waals surface area contributed by atoms with E-state index in [2.05, 4.69) is 9.88 Å². The van der Waals surface area contributed by atoms with Gasteiger partial charge in [0.25, 0.3) is 0 Å². The van der Waals surface area contributed by atoms with Gasteiger partial charge in [0.2, 0.25) is 5.89 Å². The molecule has 0 radical (unpaired) electrons. The fourth-order valence-electron chi connectivity index (χ4n) is 4.30. The fraction of sp³-hybridized carbons (Fsp3) is 0.545. The van der Waals surface area contributed by atoms with Crippen molar-refractivity contribution in [1.29, 1.82) is 0 Å². The third-order valence-corrected chi connectivity index (χ3v) is 6.22. The predicted octanol–water partition coefficient (Wildman–Crippen LogP) is 3.10. The summed E-state index contributed by atoms with van der Waals surface area (Å²) in [6.45, 7) is 3.35. The molecule has 2 fully saturated rings. The summed E-state index contributed by atoms with van der Waals surface area (Å²) in [6, 6.07) is 7.54. The number of piperidine rings is 1. The van der Waals surface area contributed by atoms with Crippen molar-refractivity contribution in [2.75, 3.05) is 20.2 Å². The quantitative estimate of drug-likeness (QED) is 0.737. The second-order valence-electron chi connectivity index (χ2n) is 8.38. The Labute approximate surface area is 170 Å². The first-order chi connectivity index (χ1) is 13.9. The molecular weight excluding hydrogens is 372 g/mol. The van der Waals surface area contributed by atoms with E-state index in [1.165, 1.54) is 0 Å². The molecule has 7 heteroatoms. The van der Waals surface area contributed by atoms with Crippen molar-refractivity contribution in [1.82, 2.24) is 9.88 Å². The highest BCUT2D eigenvalue weighted by atomic mass is 16.5. The molecule has 1 aliphatic carbocycles. The van der Waals surface area contributed by atoms with Crippen LogP contribution in [0.15, 0.2) is 28.7 Å². The molecule has 7 nitrogen and oxygen atoms in total. The molecule has 2 atom stereocenters. The summed E-state index contributed by atoms with van der Waals surface area (Å²) >= 11 is 0. The molecule has 2 aromatic rings. The smallest absolute Gasteiger partial charge is 0.313 e. The summed E-state index contributed by atoms with van der Waals surface area (Å²) in [5.41, 5.74) is 0.540. The Hall–Kier alpha value is -2.38. The van der Waals surface area contributed by atoms with Crippen molar-refractivity contribution in [2.24, 2.45) is 11.3 Å². The molecule has 29 heavy (non-hydrogen) atoms. The van der Waals surface area contributed by atoms with Crippen LogP contribution in [-0.4, -0.2) is 52.4 Å². The van der Waals surface area contributed by atoms with Crippen molar-refractivity contribution in [3.8, 4) is 17.2 Å². The van der Waals surface area contributed by atoms with Gasteiger partial charge in [-0.2, -0.15) is 0 Å². The fourth-order valence-corrected chi connectivity index (χ4v) is 4.30. The first kappa shape index (κ1) is 19.9. The minimum atomic E-state index is -1.09. The third kappa shape index (κ3) is 4.02. The number of carbonyl (C=O) groups is 1. The first-order valence-electron chi connectivity index (χ1n) is 10.2. The molecule has 1 aromatic carbocycles. The van der Waals surface area contributed by atoms with Gasteiger partial charge in [0, 0.05) is 25.2 Å². The number of aromatic nitrogens is 1. The van der Waals surface area contributed by atoms with Crippen LogP contribution in [0, 0.1) is 18.3 Å². The lowest BCUT2D eigenvalue weighted by molar-refractivity contribution is -0.165. The predicted molar refractivity (Wildman–Crippen MR) is 107 cm³/mol. The van der Waals surface area contributed by atoms with Gasteiger partial charge >= 0.3 is 5.97 Å². The van der Waals surface area contributed by atoms with E-state index in [1.54, 1.807) is 7.11 Å². The van der Waals surface area contributed by atoms with Crippen LogP contribution >= 0.6 is 0 Å². The van der Waals surface area contributed by atoms with Gasteiger partial charge in [-0.15, -0.1) is 0 Å². The highest BCUT2D eigenvalue weighted by molar-refractivity contribution is 5.76. The summed E-state index contributed by atoms with van der Waals surface area (Å²) in [5.74, 6) is 1.51. The van der Waals surface area contributed by atoms with E-state index in [9.17, 15) is 15.0 Å². The van der Waals surface area contributed by atoms with Gasteiger partial charge in [-0.25, -0.2) is 4.98 Å². The van der Waals surface area contributed by atoms with Crippen LogP contribution in [0.25, 0.3) is 11.5 Å². The van der Waals surface area contributed by atoms with Gasteiger partial charge in [0.1, 0.15) is 16.9 Å². The van der Waals surface area contributed by atoms with Crippen LogP contribution in [0.5, 0.6) is 5.75 Å². The minimum absolute atomic E-state index is 0.334. The molecule has 1 aromatic heterocycles. The zero-order chi connectivity index (χ0) is 20.6. The van der Waals surface area contributed by atoms with Crippen LogP contribution < -0.4 is 4.74 Å². The number of aryl methyl sites for hydroxylation is 1. The Kier molecular flexibility index (Phi) is 5.36. The minimum Gasteiger partial charge on any atom is -0.497 e. The third-order valence-electron chi connectivity index (χ3n) is 6.22. The van der Waals surface area contributed by atoms with E-state index in [4.69, 9.17) is 9.15 Å². The van der Waals surface area contributed by atoms with Gasteiger partial charge in [0.05, 0.1) is 18.9 Å². The standard InChI is InChI=1S/C22H28N2O5/c1-14-18(23-20(29-14)16-4-3-5-17(10-16)28-2)12-24-9-8-19(25)22(13-24,21(26)27)11-15-6-7-15/h3-5,10,15,19,25H,6-9,11-13H2,1-2H3,(H,26,27)/t19-,22-/m1/s1. The number of aliphatic carboxylic acids is 1. The van der Waals surface area contributed by atoms with E-state index in [0.717, 1.165) is 35.6 Å². The summed E-state index contributed by atoms with van der Waals surface area (Å²) in [7, 11) is 1.62. The number of benzene rings is 1. The summed E-state index contributed by atoms with van der Waals surface area (Å²) < 4.78 is 11.1. The molecule has 0 spiro atoms. The van der Waals surface area contributed by atoms with Crippen LogP contribution in [0.4, 0.5) is 0 Å². The molecule has 1 aliphatic heterocycles. The Morgan fingerprint density at radius 3 is 2.86 bits per heavy atom. The summed E-state index contributed by atoms with van der Waals surface area (Å²) in [4.78, 5) is 18.9. The SMILES string of the molecule is COc1cccc(-c2nc(CN3CC[C@@H](O)[C@](CC4CC4)(C(=O)O)C3)c(C)o2)c1. The monoisotopic (exact) mass is 400 g/mol. The summed E-state index contributed by atoms with van der Waals surface area (Å²) in [5, 5.41) is 20.5. The van der Waals surface area contributed by atoms with Crippen molar-refractivity contribution < 1.29 is 24.2 Å². The number of methoxy groups -OCH3 is 1. The lowest BCUT2D eigenvalue weighted by Gasteiger charge is -2.43. The maximum Gasteiger partial charge on any atom is 0.313 e. The molecule has 2 aliphatic rings. The topological polar surface area (TPSA) is 96.0 Å². The Bertz CT molecular complexity index is 891. The molecule has 0 unspecified atom stereocenters. The number of carboxylic acid groups (broad SMARTS) is 1. The molecule has 4 rings (SSSR count). The molecule has 2 heterocycles. The lowest BCUT2D eigenvalue weighted by atomic mass is 9.73. The second-order valence-corrected chi connectivity index (χ2v) is 8.38. The van der Waals surface area contributed by atoms with Gasteiger partial charge in [-0.3, -0.25) is 9.69 Å². The van der Waals surface area contributed by atoms with Crippen molar-refractivity contribution in [2.45, 2.75) is 45.3 Å². The van der Waals surface area contributed by atoms with Crippen LogP contribution in [0.3, 0.4) is 0 Å². The largest absolute Gasteiger partial charge is 0.497 e. The highest BCUT2D eigenvalue weighted by Crippen LogP contribution is 2.45. The van der Waals surface area contributed by atoms with E-state index >= 15 is 0 Å². The number of hydrogen-bond acceptors (Lipinski definition) is 6. The van der Waals surface area contributed by atoms with Gasteiger partial charge < -0.3 is 19.4 Å². The number of oxazole rings is 1. The second kappa shape index (κ2) is 7.80. The van der Waals surface area contributed by atoms with Crippen molar-refractivity contribution >= 4 is 5.97 Å². The van der Waals surface area contributed by atoms with Gasteiger partial charge in [-0.1, -0.05) is 18.9 Å². The Balaban J connectivity index is 1.53.